The fraction of sp³-hybridized carbons (Fsp3) is 0.267. The number of urea groups is 1. The minimum atomic E-state index is -0.608. The molecule has 2 rings (SSSR count). The maximum atomic E-state index is 12.0. The molecular formula is C15H17N3O5. The summed E-state index contributed by atoms with van der Waals surface area (Å²) in [5, 5.41) is 8.71. The van der Waals surface area contributed by atoms with Gasteiger partial charge in [-0.15, -0.1) is 0 Å². The van der Waals surface area contributed by atoms with Gasteiger partial charge in [-0.05, 0) is 26.0 Å². The molecule has 0 radical (unpaired) electrons. The minimum absolute atomic E-state index is 0.0682. The number of nitrogens with zero attached hydrogens (tertiary/aromatic N) is 1. The van der Waals surface area contributed by atoms with Gasteiger partial charge in [0, 0.05) is 11.8 Å². The molecule has 0 aliphatic rings. The highest BCUT2D eigenvalue weighted by Gasteiger charge is 2.23. The molecule has 0 atom stereocenters. The second-order valence-corrected chi connectivity index (χ2v) is 4.50. The lowest BCUT2D eigenvalue weighted by Crippen LogP contribution is -2.21. The summed E-state index contributed by atoms with van der Waals surface area (Å²) >= 11 is 0. The van der Waals surface area contributed by atoms with E-state index in [1.807, 2.05) is 0 Å². The Morgan fingerprint density at radius 1 is 1.30 bits per heavy atom. The molecule has 0 unspecified atom stereocenters. The van der Waals surface area contributed by atoms with Gasteiger partial charge in [0.15, 0.2) is 0 Å². The second kappa shape index (κ2) is 7.30. The van der Waals surface area contributed by atoms with Crippen LogP contribution < -0.4 is 15.4 Å². The number of esters is 1. The Hall–Kier alpha value is -3.03. The summed E-state index contributed by atoms with van der Waals surface area (Å²) < 4.78 is 15.0. The molecule has 8 heteroatoms. The zero-order chi connectivity index (χ0) is 16.8. The first kappa shape index (κ1) is 16.3. The first-order valence-corrected chi connectivity index (χ1v) is 6.90. The van der Waals surface area contributed by atoms with Crippen LogP contribution in [0.25, 0.3) is 0 Å². The highest BCUT2D eigenvalue weighted by atomic mass is 16.5. The summed E-state index contributed by atoms with van der Waals surface area (Å²) in [6, 6.07) is 6.25. The van der Waals surface area contributed by atoms with Gasteiger partial charge in [0.2, 0.25) is 5.88 Å². The topological polar surface area (TPSA) is 103 Å². The van der Waals surface area contributed by atoms with Gasteiger partial charge in [0.1, 0.15) is 11.3 Å². The summed E-state index contributed by atoms with van der Waals surface area (Å²) in [5.74, 6) is -0.0743. The third-order valence-corrected chi connectivity index (χ3v) is 2.90. The Morgan fingerprint density at radius 3 is 2.78 bits per heavy atom. The number of hydrogen-bond donors (Lipinski definition) is 2. The smallest absolute Gasteiger partial charge is 0.345 e. The Morgan fingerprint density at radius 2 is 2.09 bits per heavy atom. The number of carbonyl (C=O) groups is 2. The number of aryl methyl sites for hydroxylation is 1. The Kier molecular flexibility index (Phi) is 5.19. The van der Waals surface area contributed by atoms with Gasteiger partial charge < -0.3 is 19.3 Å². The third-order valence-electron chi connectivity index (χ3n) is 2.90. The molecular weight excluding hydrogens is 302 g/mol. The quantitative estimate of drug-likeness (QED) is 0.821. The number of methoxy groups -OCH3 is 1. The van der Waals surface area contributed by atoms with Crippen molar-refractivity contribution in [1.82, 2.24) is 5.16 Å². The van der Waals surface area contributed by atoms with Gasteiger partial charge in [-0.3, -0.25) is 5.32 Å². The number of ether oxygens (including phenoxy) is 2. The predicted octanol–water partition coefficient (Wildman–Crippen LogP) is 2.81. The molecule has 2 aromatic rings. The van der Waals surface area contributed by atoms with Crippen molar-refractivity contribution in [2.75, 3.05) is 24.4 Å². The lowest BCUT2D eigenvalue weighted by atomic mass is 10.2. The van der Waals surface area contributed by atoms with Crippen LogP contribution in [0.3, 0.4) is 0 Å². The van der Waals surface area contributed by atoms with Gasteiger partial charge >= 0.3 is 12.0 Å². The molecule has 0 saturated carbocycles. The largest absolute Gasteiger partial charge is 0.497 e. The fourth-order valence-electron chi connectivity index (χ4n) is 1.86. The standard InChI is InChI=1S/C15H17N3O5/c1-4-22-14(19)12-9(2)18-23-13(12)17-15(20)16-10-6-5-7-11(8-10)21-3/h5-8H,4H2,1-3H3,(H2,16,17,20). The van der Waals surface area contributed by atoms with Crippen LogP contribution in [-0.2, 0) is 4.74 Å². The molecule has 0 aliphatic heterocycles. The van der Waals surface area contributed by atoms with Gasteiger partial charge in [-0.2, -0.15) is 0 Å². The van der Waals surface area contributed by atoms with E-state index in [2.05, 4.69) is 15.8 Å². The summed E-state index contributed by atoms with van der Waals surface area (Å²) in [5.41, 5.74) is 0.948. The third kappa shape index (κ3) is 4.00. The van der Waals surface area contributed by atoms with Crippen LogP contribution in [0.2, 0.25) is 0 Å². The highest BCUT2D eigenvalue weighted by Crippen LogP contribution is 2.21. The molecule has 0 saturated heterocycles. The van der Waals surface area contributed by atoms with Crippen molar-refractivity contribution in [2.45, 2.75) is 13.8 Å². The summed E-state index contributed by atoms with van der Waals surface area (Å²) in [4.78, 5) is 23.9. The molecule has 1 aromatic heterocycles. The van der Waals surface area contributed by atoms with E-state index in [0.717, 1.165) is 0 Å². The average Bonchev–Trinajstić information content (AvgIpc) is 2.88. The van der Waals surface area contributed by atoms with Gasteiger partial charge in [-0.25, -0.2) is 9.59 Å². The molecule has 1 heterocycles. The molecule has 23 heavy (non-hydrogen) atoms. The highest BCUT2D eigenvalue weighted by molar-refractivity contribution is 6.04. The molecule has 0 bridgehead atoms. The Balaban J connectivity index is 2.10. The molecule has 1 aromatic carbocycles. The van der Waals surface area contributed by atoms with Gasteiger partial charge in [-0.1, -0.05) is 11.2 Å². The fourth-order valence-corrected chi connectivity index (χ4v) is 1.86. The van der Waals surface area contributed by atoms with Crippen LogP contribution >= 0.6 is 0 Å². The first-order valence-electron chi connectivity index (χ1n) is 6.90. The zero-order valence-electron chi connectivity index (χ0n) is 13.0. The van der Waals surface area contributed by atoms with E-state index in [0.29, 0.717) is 17.1 Å². The molecule has 2 N–H and O–H groups in total. The zero-order valence-corrected chi connectivity index (χ0v) is 13.0. The number of hydrogen-bond acceptors (Lipinski definition) is 6. The Labute approximate surface area is 132 Å². The van der Waals surface area contributed by atoms with Crippen molar-refractivity contribution in [3.8, 4) is 5.75 Å². The molecule has 0 fully saturated rings. The molecule has 0 spiro atoms. The van der Waals surface area contributed by atoms with Crippen LogP contribution in [0.4, 0.5) is 16.4 Å². The van der Waals surface area contributed by atoms with Gasteiger partial charge in [0.05, 0.1) is 19.4 Å². The van der Waals surface area contributed by atoms with E-state index in [1.54, 1.807) is 38.1 Å². The van der Waals surface area contributed by atoms with Crippen LogP contribution in [0.1, 0.15) is 23.0 Å². The molecule has 0 aliphatic carbocycles. The maximum absolute atomic E-state index is 12.0. The predicted molar refractivity (Wildman–Crippen MR) is 82.8 cm³/mol. The SMILES string of the molecule is CCOC(=O)c1c(C)noc1NC(=O)Nc1cccc(OC)c1. The van der Waals surface area contributed by atoms with Crippen LogP contribution in [-0.4, -0.2) is 30.9 Å². The van der Waals surface area contributed by atoms with Crippen molar-refractivity contribution in [3.63, 3.8) is 0 Å². The average molecular weight is 319 g/mol. The number of nitrogens with one attached hydrogen (secondary N) is 2. The van der Waals surface area contributed by atoms with E-state index in [4.69, 9.17) is 14.0 Å². The van der Waals surface area contributed by atoms with E-state index in [-0.39, 0.29) is 18.1 Å². The number of benzene rings is 1. The number of amides is 2. The van der Waals surface area contributed by atoms with Crippen LogP contribution in [0.15, 0.2) is 28.8 Å². The van der Waals surface area contributed by atoms with Crippen LogP contribution in [0, 0.1) is 6.92 Å². The summed E-state index contributed by atoms with van der Waals surface area (Å²) in [6.45, 7) is 3.48. The van der Waals surface area contributed by atoms with E-state index in [1.165, 1.54) is 7.11 Å². The molecule has 122 valence electrons. The molecule has 8 nitrogen and oxygen atoms in total. The number of anilines is 2. The number of carbonyl (C=O) groups excluding carboxylic acids is 2. The van der Waals surface area contributed by atoms with Crippen molar-refractivity contribution in [3.05, 3.63) is 35.5 Å². The van der Waals surface area contributed by atoms with Crippen molar-refractivity contribution < 1.29 is 23.6 Å². The van der Waals surface area contributed by atoms with Crippen molar-refractivity contribution >= 4 is 23.6 Å². The first-order chi connectivity index (χ1) is 11.0. The van der Waals surface area contributed by atoms with E-state index < -0.39 is 12.0 Å². The van der Waals surface area contributed by atoms with Gasteiger partial charge in [0.25, 0.3) is 0 Å². The van der Waals surface area contributed by atoms with Crippen molar-refractivity contribution in [2.24, 2.45) is 0 Å². The van der Waals surface area contributed by atoms with E-state index in [9.17, 15) is 9.59 Å². The number of aromatic nitrogens is 1. The monoisotopic (exact) mass is 319 g/mol. The maximum Gasteiger partial charge on any atom is 0.345 e. The van der Waals surface area contributed by atoms with Crippen molar-refractivity contribution in [1.29, 1.82) is 0 Å². The van der Waals surface area contributed by atoms with Crippen LogP contribution in [0.5, 0.6) is 5.75 Å². The lowest BCUT2D eigenvalue weighted by Gasteiger charge is -2.08. The lowest BCUT2D eigenvalue weighted by molar-refractivity contribution is 0.0526. The minimum Gasteiger partial charge on any atom is -0.497 e. The summed E-state index contributed by atoms with van der Waals surface area (Å²) in [7, 11) is 1.53. The second-order valence-electron chi connectivity index (χ2n) is 4.50. The normalized spacial score (nSPS) is 10.0. The number of rotatable bonds is 5. The molecule has 2 amide bonds. The Bertz CT molecular complexity index is 711. The van der Waals surface area contributed by atoms with E-state index >= 15 is 0 Å². The summed E-state index contributed by atoms with van der Waals surface area (Å²) in [6.07, 6.45) is 0.